The zero-order valence-electron chi connectivity index (χ0n) is 11.2. The lowest BCUT2D eigenvalue weighted by atomic mass is 10.2. The molecule has 0 amide bonds. The molecule has 6 heteroatoms. The number of nitrogens with one attached hydrogen (secondary N) is 1. The summed E-state index contributed by atoms with van der Waals surface area (Å²) in [6.07, 6.45) is 0. The molecular formula is C13H17FN2O2S. The lowest BCUT2D eigenvalue weighted by molar-refractivity contribution is 0.560. The van der Waals surface area contributed by atoms with Gasteiger partial charge >= 0.3 is 0 Å². The van der Waals surface area contributed by atoms with E-state index in [0.29, 0.717) is 0 Å². The first-order valence-electron chi connectivity index (χ1n) is 5.83. The fourth-order valence-corrected chi connectivity index (χ4v) is 2.34. The van der Waals surface area contributed by atoms with Crippen LogP contribution in [0.5, 0.6) is 0 Å². The Bertz CT molecular complexity index is 598. The average Bonchev–Trinajstić information content (AvgIpc) is 2.29. The van der Waals surface area contributed by atoms with Crippen LogP contribution in [0.2, 0.25) is 0 Å². The minimum Gasteiger partial charge on any atom is -0.382 e. The average molecular weight is 284 g/mol. The van der Waals surface area contributed by atoms with E-state index in [4.69, 9.17) is 5.26 Å². The van der Waals surface area contributed by atoms with E-state index in [9.17, 15) is 12.8 Å². The van der Waals surface area contributed by atoms with E-state index in [1.807, 2.05) is 6.07 Å². The van der Waals surface area contributed by atoms with Gasteiger partial charge in [0.25, 0.3) is 0 Å². The number of sulfone groups is 1. The fourth-order valence-electron chi connectivity index (χ4n) is 1.35. The van der Waals surface area contributed by atoms with E-state index in [1.54, 1.807) is 20.8 Å². The van der Waals surface area contributed by atoms with Gasteiger partial charge < -0.3 is 5.32 Å². The topological polar surface area (TPSA) is 70.0 Å². The largest absolute Gasteiger partial charge is 0.382 e. The molecule has 1 aromatic carbocycles. The Morgan fingerprint density at radius 1 is 1.37 bits per heavy atom. The number of benzene rings is 1. The second-order valence-electron chi connectivity index (χ2n) is 5.16. The maximum Gasteiger partial charge on any atom is 0.156 e. The predicted octanol–water partition coefficient (Wildman–Crippen LogP) is 2.32. The van der Waals surface area contributed by atoms with Crippen LogP contribution in [-0.2, 0) is 9.84 Å². The van der Waals surface area contributed by atoms with Crippen LogP contribution < -0.4 is 5.32 Å². The van der Waals surface area contributed by atoms with Gasteiger partial charge in [0.05, 0.1) is 27.8 Å². The van der Waals surface area contributed by atoms with Crippen LogP contribution in [0, 0.1) is 17.1 Å². The number of nitrogens with zero attached hydrogens (tertiary/aromatic N) is 1. The number of nitriles is 1. The molecular weight excluding hydrogens is 267 g/mol. The highest BCUT2D eigenvalue weighted by molar-refractivity contribution is 7.92. The molecule has 0 bridgehead atoms. The summed E-state index contributed by atoms with van der Waals surface area (Å²) < 4.78 is 36.4. The van der Waals surface area contributed by atoms with Crippen molar-refractivity contribution in [1.29, 1.82) is 5.26 Å². The lowest BCUT2D eigenvalue weighted by Crippen LogP contribution is -2.32. The molecule has 0 saturated heterocycles. The van der Waals surface area contributed by atoms with Crippen molar-refractivity contribution in [3.63, 3.8) is 0 Å². The third-order valence-corrected chi connectivity index (χ3v) is 5.33. The van der Waals surface area contributed by atoms with Gasteiger partial charge in [0.1, 0.15) is 5.82 Å². The van der Waals surface area contributed by atoms with Gasteiger partial charge in [0.2, 0.25) is 0 Å². The Balaban J connectivity index is 2.68. The first-order chi connectivity index (χ1) is 8.67. The van der Waals surface area contributed by atoms with Gasteiger partial charge in [-0.2, -0.15) is 5.26 Å². The maximum absolute atomic E-state index is 13.5. The fraction of sp³-hybridized carbons (Fsp3) is 0.462. The molecule has 0 aliphatic heterocycles. The summed E-state index contributed by atoms with van der Waals surface area (Å²) >= 11 is 0. The van der Waals surface area contributed by atoms with Crippen molar-refractivity contribution < 1.29 is 12.8 Å². The van der Waals surface area contributed by atoms with E-state index in [2.05, 4.69) is 5.32 Å². The molecule has 4 nitrogen and oxygen atoms in total. The van der Waals surface area contributed by atoms with Crippen LogP contribution in [0.15, 0.2) is 18.2 Å². The van der Waals surface area contributed by atoms with Crippen molar-refractivity contribution in [2.45, 2.75) is 25.5 Å². The predicted molar refractivity (Wildman–Crippen MR) is 73.1 cm³/mol. The standard InChI is InChI=1S/C13H17FN2O2S/c1-13(2,3)19(17,18)7-6-16-12-5-4-10(9-15)8-11(12)14/h4-5,8,16H,6-7H2,1-3H3. The van der Waals surface area contributed by atoms with Crippen molar-refractivity contribution in [1.82, 2.24) is 0 Å². The Kier molecular flexibility index (Phi) is 4.53. The lowest BCUT2D eigenvalue weighted by Gasteiger charge is -2.19. The van der Waals surface area contributed by atoms with E-state index < -0.39 is 20.4 Å². The van der Waals surface area contributed by atoms with E-state index in [-0.39, 0.29) is 23.5 Å². The van der Waals surface area contributed by atoms with E-state index in [1.165, 1.54) is 12.1 Å². The van der Waals surface area contributed by atoms with Gasteiger partial charge in [-0.25, -0.2) is 12.8 Å². The molecule has 0 heterocycles. The monoisotopic (exact) mass is 284 g/mol. The molecule has 0 aliphatic carbocycles. The summed E-state index contributed by atoms with van der Waals surface area (Å²) in [6.45, 7) is 5.02. The molecule has 19 heavy (non-hydrogen) atoms. The van der Waals surface area contributed by atoms with Gasteiger partial charge in [-0.15, -0.1) is 0 Å². The first-order valence-corrected chi connectivity index (χ1v) is 7.48. The Hall–Kier alpha value is -1.61. The molecule has 0 unspecified atom stereocenters. The first kappa shape index (κ1) is 15.4. The van der Waals surface area contributed by atoms with Gasteiger partial charge in [-0.05, 0) is 39.0 Å². The highest BCUT2D eigenvalue weighted by Crippen LogP contribution is 2.18. The second kappa shape index (κ2) is 5.57. The number of rotatable bonds is 4. The summed E-state index contributed by atoms with van der Waals surface area (Å²) in [7, 11) is -3.23. The van der Waals surface area contributed by atoms with Crippen LogP contribution in [-0.4, -0.2) is 25.5 Å². The summed E-state index contributed by atoms with van der Waals surface area (Å²) in [4.78, 5) is 0. The normalized spacial score (nSPS) is 11.9. The van der Waals surface area contributed by atoms with Gasteiger partial charge in [-0.3, -0.25) is 0 Å². The summed E-state index contributed by atoms with van der Waals surface area (Å²) in [5.41, 5.74) is 0.425. The highest BCUT2D eigenvalue weighted by atomic mass is 32.2. The van der Waals surface area contributed by atoms with Crippen LogP contribution in [0.3, 0.4) is 0 Å². The zero-order valence-corrected chi connectivity index (χ0v) is 12.0. The second-order valence-corrected chi connectivity index (χ2v) is 8.03. The summed E-state index contributed by atoms with van der Waals surface area (Å²) in [6, 6.07) is 5.85. The highest BCUT2D eigenvalue weighted by Gasteiger charge is 2.28. The number of anilines is 1. The Morgan fingerprint density at radius 3 is 2.47 bits per heavy atom. The molecule has 0 fully saturated rings. The number of halogens is 1. The SMILES string of the molecule is CC(C)(C)S(=O)(=O)CCNc1ccc(C#N)cc1F. The van der Waals surface area contributed by atoms with Gasteiger partial charge in [-0.1, -0.05) is 0 Å². The van der Waals surface area contributed by atoms with Crippen molar-refractivity contribution in [3.05, 3.63) is 29.6 Å². The van der Waals surface area contributed by atoms with Crippen molar-refractivity contribution in [2.24, 2.45) is 0 Å². The molecule has 0 atom stereocenters. The third-order valence-electron chi connectivity index (χ3n) is 2.72. The molecule has 1 N–H and O–H groups in total. The summed E-state index contributed by atoms with van der Waals surface area (Å²) in [5.74, 6) is -0.636. The molecule has 0 radical (unpaired) electrons. The minimum atomic E-state index is -3.23. The smallest absolute Gasteiger partial charge is 0.156 e. The molecule has 1 aromatic rings. The molecule has 0 saturated carbocycles. The number of hydrogen-bond donors (Lipinski definition) is 1. The zero-order chi connectivity index (χ0) is 14.7. The molecule has 0 spiro atoms. The Labute approximate surface area is 113 Å². The van der Waals surface area contributed by atoms with Crippen molar-refractivity contribution in [3.8, 4) is 6.07 Å². The molecule has 104 valence electrons. The molecule has 0 aliphatic rings. The third kappa shape index (κ3) is 3.93. The van der Waals surface area contributed by atoms with Crippen LogP contribution >= 0.6 is 0 Å². The van der Waals surface area contributed by atoms with E-state index in [0.717, 1.165) is 6.07 Å². The number of hydrogen-bond acceptors (Lipinski definition) is 4. The van der Waals surface area contributed by atoms with Gasteiger partial charge in [0, 0.05) is 6.54 Å². The van der Waals surface area contributed by atoms with Crippen LogP contribution in [0.25, 0.3) is 0 Å². The summed E-state index contributed by atoms with van der Waals surface area (Å²) in [5, 5.41) is 11.3. The minimum absolute atomic E-state index is 0.0735. The maximum atomic E-state index is 13.5. The van der Waals surface area contributed by atoms with Crippen LogP contribution in [0.4, 0.5) is 10.1 Å². The van der Waals surface area contributed by atoms with Crippen molar-refractivity contribution >= 4 is 15.5 Å². The Morgan fingerprint density at radius 2 is 2.00 bits per heavy atom. The van der Waals surface area contributed by atoms with Gasteiger partial charge in [0.15, 0.2) is 9.84 Å². The van der Waals surface area contributed by atoms with E-state index >= 15 is 0 Å². The van der Waals surface area contributed by atoms with Crippen LogP contribution in [0.1, 0.15) is 26.3 Å². The molecule has 1 rings (SSSR count). The quantitative estimate of drug-likeness (QED) is 0.921. The molecule has 0 aromatic heterocycles. The van der Waals surface area contributed by atoms with Crippen molar-refractivity contribution in [2.75, 3.05) is 17.6 Å².